The molecule has 0 aliphatic carbocycles. The molecule has 31 heavy (non-hydrogen) atoms. The van der Waals surface area contributed by atoms with E-state index >= 15 is 0 Å². The third kappa shape index (κ3) is 6.50. The molecule has 3 heterocycles. The molecule has 3 saturated heterocycles. The van der Waals surface area contributed by atoms with Gasteiger partial charge in [0.1, 0.15) is 0 Å². The lowest BCUT2D eigenvalue weighted by molar-refractivity contribution is 0.0388. The van der Waals surface area contributed by atoms with Crippen LogP contribution in [0.2, 0.25) is 0 Å². The predicted molar refractivity (Wildman–Crippen MR) is 128 cm³/mol. The molecule has 6 nitrogen and oxygen atoms in total. The van der Waals surface area contributed by atoms with Crippen molar-refractivity contribution in [3.8, 4) is 0 Å². The van der Waals surface area contributed by atoms with E-state index < -0.39 is 0 Å². The van der Waals surface area contributed by atoms with E-state index in [1.165, 1.54) is 57.7 Å². The second-order valence-corrected chi connectivity index (χ2v) is 9.67. The van der Waals surface area contributed by atoms with Crippen LogP contribution in [0.3, 0.4) is 0 Å². The summed E-state index contributed by atoms with van der Waals surface area (Å²) in [6, 6.07) is 12.5. The lowest BCUT2D eigenvalue weighted by atomic mass is 9.99. The van der Waals surface area contributed by atoms with E-state index in [1.54, 1.807) is 7.11 Å². The van der Waals surface area contributed by atoms with Gasteiger partial charge in [-0.25, -0.2) is 0 Å². The van der Waals surface area contributed by atoms with Crippen LogP contribution >= 0.6 is 0 Å². The Bertz CT molecular complexity index is 620. The molecule has 0 bridgehead atoms. The van der Waals surface area contributed by atoms with E-state index in [4.69, 9.17) is 4.74 Å². The number of ether oxygens (including phenoxy) is 1. The van der Waals surface area contributed by atoms with Crippen molar-refractivity contribution >= 4 is 0 Å². The zero-order valence-corrected chi connectivity index (χ0v) is 19.8. The van der Waals surface area contributed by atoms with Gasteiger partial charge in [0.25, 0.3) is 0 Å². The molecule has 0 radical (unpaired) electrons. The topological polar surface area (TPSA) is 25.4 Å². The number of piperazine rings is 2. The Morgan fingerprint density at radius 2 is 1.52 bits per heavy atom. The quantitative estimate of drug-likeness (QED) is 0.624. The summed E-state index contributed by atoms with van der Waals surface area (Å²) >= 11 is 0. The molecule has 0 amide bonds. The fourth-order valence-electron chi connectivity index (χ4n) is 5.52. The van der Waals surface area contributed by atoms with Crippen molar-refractivity contribution < 1.29 is 4.74 Å². The summed E-state index contributed by atoms with van der Waals surface area (Å²) < 4.78 is 5.28. The Morgan fingerprint density at radius 1 is 0.839 bits per heavy atom. The van der Waals surface area contributed by atoms with Crippen molar-refractivity contribution in [3.63, 3.8) is 0 Å². The van der Waals surface area contributed by atoms with Crippen LogP contribution in [-0.2, 0) is 4.74 Å². The van der Waals surface area contributed by atoms with Crippen LogP contribution in [0.5, 0.6) is 0 Å². The molecule has 3 fully saturated rings. The number of likely N-dealkylation sites (tertiary alicyclic amines) is 1. The van der Waals surface area contributed by atoms with E-state index in [1.807, 2.05) is 0 Å². The minimum Gasteiger partial charge on any atom is -0.383 e. The number of benzene rings is 1. The van der Waals surface area contributed by atoms with Crippen molar-refractivity contribution in [2.24, 2.45) is 0 Å². The number of nitrogens with zero attached hydrogens (tertiary/aromatic N) is 5. The molecular weight excluding hydrogens is 386 g/mol. The molecule has 0 aromatic heterocycles. The average molecular weight is 430 g/mol. The Balaban J connectivity index is 1.31. The summed E-state index contributed by atoms with van der Waals surface area (Å²) in [4.78, 5) is 13.2. The molecule has 1 atom stereocenters. The Hall–Kier alpha value is -1.02. The first-order chi connectivity index (χ1) is 15.2. The number of methoxy groups -OCH3 is 1. The molecule has 3 aliphatic rings. The van der Waals surface area contributed by atoms with Crippen LogP contribution in [0.15, 0.2) is 30.3 Å². The highest BCUT2D eigenvalue weighted by molar-refractivity contribution is 5.20. The molecule has 1 unspecified atom stereocenters. The van der Waals surface area contributed by atoms with Gasteiger partial charge in [-0.3, -0.25) is 14.7 Å². The van der Waals surface area contributed by atoms with Gasteiger partial charge in [0.05, 0.1) is 6.61 Å². The van der Waals surface area contributed by atoms with E-state index in [0.29, 0.717) is 6.04 Å². The fourth-order valence-corrected chi connectivity index (χ4v) is 5.52. The zero-order valence-electron chi connectivity index (χ0n) is 19.8. The van der Waals surface area contributed by atoms with Crippen molar-refractivity contribution in [2.75, 3.05) is 99.3 Å². The number of hydrogen-bond donors (Lipinski definition) is 0. The largest absolute Gasteiger partial charge is 0.383 e. The number of rotatable bonds is 8. The van der Waals surface area contributed by atoms with Crippen molar-refractivity contribution in [2.45, 2.75) is 24.9 Å². The number of piperidine rings is 1. The van der Waals surface area contributed by atoms with Crippen molar-refractivity contribution in [3.05, 3.63) is 35.9 Å². The monoisotopic (exact) mass is 429 g/mol. The van der Waals surface area contributed by atoms with E-state index in [0.717, 1.165) is 51.9 Å². The van der Waals surface area contributed by atoms with E-state index in [2.05, 4.69) is 61.9 Å². The second-order valence-electron chi connectivity index (χ2n) is 9.67. The van der Waals surface area contributed by atoms with Gasteiger partial charge in [-0.15, -0.1) is 0 Å². The van der Waals surface area contributed by atoms with Crippen LogP contribution < -0.4 is 0 Å². The minimum atomic E-state index is 0.506. The van der Waals surface area contributed by atoms with Gasteiger partial charge in [-0.1, -0.05) is 30.3 Å². The lowest BCUT2D eigenvalue weighted by Crippen LogP contribution is -2.54. The third-order valence-corrected chi connectivity index (χ3v) is 7.69. The van der Waals surface area contributed by atoms with Gasteiger partial charge in [0.15, 0.2) is 0 Å². The highest BCUT2D eigenvalue weighted by Crippen LogP contribution is 2.26. The SMILES string of the molecule is COCCN1CCN(C(CN2CCC(N3CCN(C)CC3)CC2)c2ccccc2)CC1. The van der Waals surface area contributed by atoms with Gasteiger partial charge in [0.2, 0.25) is 0 Å². The van der Waals surface area contributed by atoms with Crippen molar-refractivity contribution in [1.82, 2.24) is 24.5 Å². The molecule has 3 aliphatic heterocycles. The Labute approximate surface area is 189 Å². The van der Waals surface area contributed by atoms with Crippen LogP contribution in [0.4, 0.5) is 0 Å². The standard InChI is InChI=1S/C25H43N5O/c1-26-12-16-29(17-13-26)24-8-10-28(11-9-24)22-25(23-6-4-3-5-7-23)30-18-14-27(15-19-30)20-21-31-2/h3-7,24-25H,8-22H2,1-2H3. The molecule has 0 saturated carbocycles. The molecule has 1 aromatic carbocycles. The maximum absolute atomic E-state index is 5.28. The van der Waals surface area contributed by atoms with Gasteiger partial charge in [-0.05, 0) is 38.5 Å². The summed E-state index contributed by atoms with van der Waals surface area (Å²) in [7, 11) is 4.05. The molecule has 0 N–H and O–H groups in total. The van der Waals surface area contributed by atoms with Crippen LogP contribution in [0, 0.1) is 0 Å². The Kier molecular flexibility index (Phi) is 8.76. The molecule has 1 aromatic rings. The predicted octanol–water partition coefficient (Wildman–Crippen LogP) is 1.70. The van der Waals surface area contributed by atoms with Crippen LogP contribution in [0.25, 0.3) is 0 Å². The summed E-state index contributed by atoms with van der Waals surface area (Å²) in [5, 5.41) is 0. The maximum atomic E-state index is 5.28. The van der Waals surface area contributed by atoms with E-state index in [-0.39, 0.29) is 0 Å². The number of likely N-dealkylation sites (N-methyl/N-ethyl adjacent to an activating group) is 1. The van der Waals surface area contributed by atoms with Gasteiger partial charge in [0, 0.05) is 84.6 Å². The summed E-state index contributed by atoms with van der Waals surface area (Å²) in [5.41, 5.74) is 1.48. The molecular formula is C25H43N5O. The van der Waals surface area contributed by atoms with Crippen molar-refractivity contribution in [1.29, 1.82) is 0 Å². The van der Waals surface area contributed by atoms with Crippen LogP contribution in [-0.4, -0.2) is 130 Å². The molecule has 174 valence electrons. The third-order valence-electron chi connectivity index (χ3n) is 7.69. The van der Waals surface area contributed by atoms with Gasteiger partial charge < -0.3 is 14.5 Å². The summed E-state index contributed by atoms with van der Waals surface area (Å²) in [6.07, 6.45) is 2.66. The highest BCUT2D eigenvalue weighted by Gasteiger charge is 2.30. The zero-order chi connectivity index (χ0) is 21.5. The Morgan fingerprint density at radius 3 is 2.16 bits per heavy atom. The maximum Gasteiger partial charge on any atom is 0.0589 e. The first kappa shape index (κ1) is 23.1. The normalized spacial score (nSPS) is 25.1. The second kappa shape index (κ2) is 11.7. The molecule has 0 spiro atoms. The van der Waals surface area contributed by atoms with Gasteiger partial charge >= 0.3 is 0 Å². The molecule has 6 heteroatoms. The average Bonchev–Trinajstić information content (AvgIpc) is 2.83. The minimum absolute atomic E-state index is 0.506. The smallest absolute Gasteiger partial charge is 0.0589 e. The fraction of sp³-hybridized carbons (Fsp3) is 0.760. The summed E-state index contributed by atoms with van der Waals surface area (Å²) in [6.45, 7) is 15.1. The number of hydrogen-bond acceptors (Lipinski definition) is 6. The first-order valence-electron chi connectivity index (χ1n) is 12.4. The first-order valence-corrected chi connectivity index (χ1v) is 12.4. The lowest BCUT2D eigenvalue weighted by Gasteiger charge is -2.44. The molecule has 4 rings (SSSR count). The van der Waals surface area contributed by atoms with E-state index in [9.17, 15) is 0 Å². The highest BCUT2D eigenvalue weighted by atomic mass is 16.5. The van der Waals surface area contributed by atoms with Crippen LogP contribution in [0.1, 0.15) is 24.4 Å². The summed E-state index contributed by atoms with van der Waals surface area (Å²) in [5.74, 6) is 0. The van der Waals surface area contributed by atoms with Gasteiger partial charge in [-0.2, -0.15) is 0 Å².